The molecule has 12 heavy (non-hydrogen) atoms. The van der Waals surface area contributed by atoms with E-state index in [0.29, 0.717) is 19.5 Å². The first-order chi connectivity index (χ1) is 5.65. The van der Waals surface area contributed by atoms with Crippen LogP contribution in [0.2, 0.25) is 0 Å². The molecule has 70 valence electrons. The van der Waals surface area contributed by atoms with Crippen molar-refractivity contribution in [2.75, 3.05) is 13.1 Å². The summed E-state index contributed by atoms with van der Waals surface area (Å²) in [6.45, 7) is 2.51. The molecule has 0 aromatic heterocycles. The van der Waals surface area contributed by atoms with Gasteiger partial charge in [0.1, 0.15) is 0 Å². The van der Waals surface area contributed by atoms with Gasteiger partial charge < -0.3 is 10.0 Å². The lowest BCUT2D eigenvalue weighted by Gasteiger charge is -2.32. The van der Waals surface area contributed by atoms with Gasteiger partial charge in [0.25, 0.3) is 0 Å². The van der Waals surface area contributed by atoms with Crippen LogP contribution >= 0.6 is 0 Å². The second-order valence-electron chi connectivity index (χ2n) is 3.12. The van der Waals surface area contributed by atoms with Gasteiger partial charge in [0.15, 0.2) is 0 Å². The van der Waals surface area contributed by atoms with Crippen LogP contribution in [0.15, 0.2) is 0 Å². The van der Waals surface area contributed by atoms with Gasteiger partial charge in [-0.25, -0.2) is 9.74 Å². The van der Waals surface area contributed by atoms with Crippen LogP contribution in [-0.4, -0.2) is 35.3 Å². The third kappa shape index (κ3) is 1.85. The Kier molecular flexibility index (Phi) is 2.86. The zero-order chi connectivity index (χ0) is 9.14. The summed E-state index contributed by atoms with van der Waals surface area (Å²) >= 11 is 0. The minimum atomic E-state index is -0.964. The number of likely N-dealkylation sites (tertiary alicyclic amines) is 1. The maximum absolute atomic E-state index is 11.4. The highest BCUT2D eigenvalue weighted by atomic mass is 19.3. The SMILES string of the molecule is CC1CN(C(=O)OF)CCC1O. The molecule has 0 radical (unpaired) electrons. The third-order valence-corrected chi connectivity index (χ3v) is 2.18. The van der Waals surface area contributed by atoms with Gasteiger partial charge in [0.05, 0.1) is 6.10 Å². The molecular formula is C7H12FNO3. The molecule has 1 rings (SSSR count). The summed E-state index contributed by atoms with van der Waals surface area (Å²) in [7, 11) is 0. The Morgan fingerprint density at radius 2 is 2.42 bits per heavy atom. The summed E-state index contributed by atoms with van der Waals surface area (Å²) in [5, 5.41) is 9.28. The van der Waals surface area contributed by atoms with Crippen molar-refractivity contribution < 1.29 is 19.4 Å². The molecule has 0 spiro atoms. The molecule has 2 unspecified atom stereocenters. The van der Waals surface area contributed by atoms with Crippen LogP contribution in [0.3, 0.4) is 0 Å². The molecule has 2 atom stereocenters. The predicted molar refractivity (Wildman–Crippen MR) is 38.9 cm³/mol. The molecule has 1 fully saturated rings. The Bertz CT molecular complexity index is 176. The molecule has 4 nitrogen and oxygen atoms in total. The minimum absolute atomic E-state index is 0.0159. The number of hydrogen-bond acceptors (Lipinski definition) is 3. The summed E-state index contributed by atoms with van der Waals surface area (Å²) in [6.07, 6.45) is -0.876. The average molecular weight is 177 g/mol. The van der Waals surface area contributed by atoms with Crippen LogP contribution in [0, 0.1) is 5.92 Å². The van der Waals surface area contributed by atoms with E-state index >= 15 is 0 Å². The number of carbonyl (C=O) groups excluding carboxylic acids is 1. The number of aliphatic hydroxyl groups is 1. The first-order valence-corrected chi connectivity index (χ1v) is 3.90. The molecule has 0 saturated carbocycles. The summed E-state index contributed by atoms with van der Waals surface area (Å²) < 4.78 is 11.4. The lowest BCUT2D eigenvalue weighted by molar-refractivity contribution is -0.0877. The summed E-state index contributed by atoms with van der Waals surface area (Å²) in [6, 6.07) is 0. The van der Waals surface area contributed by atoms with Crippen molar-refractivity contribution in [3.8, 4) is 0 Å². The first-order valence-electron chi connectivity index (χ1n) is 3.90. The molecule has 1 amide bonds. The number of amides is 1. The first kappa shape index (κ1) is 9.25. The zero-order valence-electron chi connectivity index (χ0n) is 6.86. The van der Waals surface area contributed by atoms with Crippen molar-refractivity contribution in [1.29, 1.82) is 0 Å². The van der Waals surface area contributed by atoms with Gasteiger partial charge in [-0.15, -0.1) is 0 Å². The zero-order valence-corrected chi connectivity index (χ0v) is 6.86. The van der Waals surface area contributed by atoms with Gasteiger partial charge in [-0.2, -0.15) is 0 Å². The number of aliphatic hydroxyl groups excluding tert-OH is 1. The Balaban J connectivity index is 2.45. The van der Waals surface area contributed by atoms with Crippen molar-refractivity contribution in [3.05, 3.63) is 0 Å². The highest BCUT2D eigenvalue weighted by Crippen LogP contribution is 2.16. The smallest absolute Gasteiger partial charge is 0.393 e. The van der Waals surface area contributed by atoms with Crippen LogP contribution in [-0.2, 0) is 4.94 Å². The number of rotatable bonds is 0. The molecule has 1 aliphatic rings. The maximum Gasteiger partial charge on any atom is 0.447 e. The lowest BCUT2D eigenvalue weighted by atomic mass is 9.97. The molecule has 0 aromatic carbocycles. The molecule has 1 saturated heterocycles. The number of nitrogens with zero attached hydrogens (tertiary/aromatic N) is 1. The van der Waals surface area contributed by atoms with E-state index in [0.717, 1.165) is 0 Å². The van der Waals surface area contributed by atoms with E-state index in [-0.39, 0.29) is 5.92 Å². The minimum Gasteiger partial charge on any atom is -0.393 e. The molecule has 1 heterocycles. The second kappa shape index (κ2) is 3.71. The summed E-state index contributed by atoms with van der Waals surface area (Å²) in [4.78, 5) is 15.0. The number of piperidine rings is 1. The molecule has 1 aliphatic heterocycles. The summed E-state index contributed by atoms with van der Waals surface area (Å²) in [5.41, 5.74) is 0. The monoisotopic (exact) mass is 177 g/mol. The normalized spacial score (nSPS) is 30.1. The predicted octanol–water partition coefficient (Wildman–Crippen LogP) is 0.710. The van der Waals surface area contributed by atoms with E-state index in [1.165, 1.54) is 4.90 Å². The average Bonchev–Trinajstić information content (AvgIpc) is 2.08. The van der Waals surface area contributed by atoms with E-state index < -0.39 is 12.2 Å². The van der Waals surface area contributed by atoms with Crippen LogP contribution in [0.25, 0.3) is 0 Å². The molecule has 1 N–H and O–H groups in total. The van der Waals surface area contributed by atoms with Gasteiger partial charge in [-0.3, -0.25) is 0 Å². The van der Waals surface area contributed by atoms with E-state index in [9.17, 15) is 14.4 Å². The molecule has 0 aromatic rings. The van der Waals surface area contributed by atoms with E-state index in [4.69, 9.17) is 0 Å². The van der Waals surface area contributed by atoms with Crippen molar-refractivity contribution in [2.24, 2.45) is 5.92 Å². The Labute approximate surface area is 69.8 Å². The fourth-order valence-corrected chi connectivity index (χ4v) is 1.35. The van der Waals surface area contributed by atoms with Gasteiger partial charge in [-0.1, -0.05) is 6.92 Å². The van der Waals surface area contributed by atoms with Gasteiger partial charge >= 0.3 is 6.09 Å². The maximum atomic E-state index is 11.4. The quantitative estimate of drug-likeness (QED) is 0.592. The lowest BCUT2D eigenvalue weighted by Crippen LogP contribution is -2.44. The van der Waals surface area contributed by atoms with Crippen molar-refractivity contribution in [3.63, 3.8) is 0 Å². The second-order valence-corrected chi connectivity index (χ2v) is 3.12. The topological polar surface area (TPSA) is 49.8 Å². The largest absolute Gasteiger partial charge is 0.447 e. The molecule has 0 bridgehead atoms. The Morgan fingerprint density at radius 1 is 1.75 bits per heavy atom. The third-order valence-electron chi connectivity index (χ3n) is 2.18. The highest BCUT2D eigenvalue weighted by Gasteiger charge is 2.28. The number of carbonyl (C=O) groups is 1. The van der Waals surface area contributed by atoms with Crippen LogP contribution in [0.4, 0.5) is 9.32 Å². The van der Waals surface area contributed by atoms with Crippen molar-refractivity contribution in [2.45, 2.75) is 19.4 Å². The Morgan fingerprint density at radius 3 is 2.92 bits per heavy atom. The fraction of sp³-hybridized carbons (Fsp3) is 0.857. The Hall–Kier alpha value is -0.840. The van der Waals surface area contributed by atoms with Crippen molar-refractivity contribution in [1.82, 2.24) is 4.90 Å². The number of hydrogen-bond donors (Lipinski definition) is 1. The van der Waals surface area contributed by atoms with Crippen molar-refractivity contribution >= 4 is 6.09 Å². The van der Waals surface area contributed by atoms with Crippen LogP contribution in [0.1, 0.15) is 13.3 Å². The molecule has 0 aliphatic carbocycles. The fourth-order valence-electron chi connectivity index (χ4n) is 1.35. The van der Waals surface area contributed by atoms with Crippen LogP contribution < -0.4 is 0 Å². The molecular weight excluding hydrogens is 165 g/mol. The van der Waals surface area contributed by atoms with E-state index in [1.807, 2.05) is 6.92 Å². The molecule has 5 heteroatoms. The highest BCUT2D eigenvalue weighted by molar-refractivity contribution is 5.66. The van der Waals surface area contributed by atoms with Gasteiger partial charge in [0, 0.05) is 17.6 Å². The van der Waals surface area contributed by atoms with E-state index in [2.05, 4.69) is 4.94 Å². The number of halogens is 1. The van der Waals surface area contributed by atoms with Gasteiger partial charge in [-0.05, 0) is 12.3 Å². The standard InChI is InChI=1S/C7H12FNO3/c1-5-4-9(7(11)12-8)3-2-6(5)10/h5-6,10H,2-4H2,1H3. The van der Waals surface area contributed by atoms with Crippen LogP contribution in [0.5, 0.6) is 0 Å². The van der Waals surface area contributed by atoms with Gasteiger partial charge in [0.2, 0.25) is 0 Å². The van der Waals surface area contributed by atoms with E-state index in [1.54, 1.807) is 0 Å². The summed E-state index contributed by atoms with van der Waals surface area (Å²) in [5.74, 6) is -0.0159.